The molecule has 9 nitrogen and oxygen atoms in total. The van der Waals surface area contributed by atoms with Gasteiger partial charge in [-0.15, -0.1) is 0 Å². The van der Waals surface area contributed by atoms with Crippen LogP contribution in [-0.4, -0.2) is 50.8 Å². The molecule has 0 bridgehead atoms. The van der Waals surface area contributed by atoms with Crippen molar-refractivity contribution in [1.29, 1.82) is 0 Å². The van der Waals surface area contributed by atoms with Crippen LogP contribution in [0.1, 0.15) is 23.1 Å². The number of hydrogen-bond acceptors (Lipinski definition) is 6. The van der Waals surface area contributed by atoms with E-state index in [1.54, 1.807) is 31.4 Å². The van der Waals surface area contributed by atoms with Crippen LogP contribution in [-0.2, 0) is 19.1 Å². The maximum atomic E-state index is 12.2. The number of aryl methyl sites for hydroxylation is 2. The molecule has 3 amide bonds. The van der Waals surface area contributed by atoms with E-state index in [4.69, 9.17) is 9.47 Å². The molecule has 0 aliphatic rings. The zero-order valence-electron chi connectivity index (χ0n) is 18.4. The van der Waals surface area contributed by atoms with Crippen LogP contribution in [0.3, 0.4) is 0 Å². The van der Waals surface area contributed by atoms with Crippen molar-refractivity contribution in [3.8, 4) is 5.75 Å². The first kappa shape index (κ1) is 24.5. The summed E-state index contributed by atoms with van der Waals surface area (Å²) in [4.78, 5) is 35.6. The molecule has 0 atom stereocenters. The fraction of sp³-hybridized carbons (Fsp3) is 0.304. The number of para-hydroxylation sites is 1. The highest BCUT2D eigenvalue weighted by molar-refractivity contribution is 6.35. The quantitative estimate of drug-likeness (QED) is 0.226. The molecule has 0 aliphatic carbocycles. The molecule has 2 aromatic rings. The summed E-state index contributed by atoms with van der Waals surface area (Å²) < 4.78 is 10.4. The van der Waals surface area contributed by atoms with Crippen molar-refractivity contribution in [1.82, 2.24) is 10.7 Å². The number of methoxy groups -OCH3 is 1. The van der Waals surface area contributed by atoms with Crippen LogP contribution in [0.15, 0.2) is 47.6 Å². The predicted octanol–water partition coefficient (Wildman–Crippen LogP) is 1.92. The van der Waals surface area contributed by atoms with E-state index in [2.05, 4.69) is 21.2 Å². The van der Waals surface area contributed by atoms with E-state index in [1.807, 2.05) is 32.0 Å². The van der Waals surface area contributed by atoms with Crippen molar-refractivity contribution < 1.29 is 23.9 Å². The van der Waals surface area contributed by atoms with Crippen LogP contribution >= 0.6 is 0 Å². The standard InChI is InChI=1S/C23H28N4O5/c1-16-7-4-8-17(2)21(16)26-20(28)15-32-19-10-5-9-18(13-19)14-25-27-23(30)22(29)24-11-6-12-31-3/h4-5,7-10,13-14H,6,11-12,15H2,1-3H3,(H,24,29)(H,26,28)(H,27,30)/b25-14-. The Hall–Kier alpha value is -3.72. The highest BCUT2D eigenvalue weighted by Crippen LogP contribution is 2.19. The fourth-order valence-electron chi connectivity index (χ4n) is 2.74. The Morgan fingerprint density at radius 1 is 1.03 bits per heavy atom. The number of hydrazone groups is 1. The Morgan fingerprint density at radius 2 is 1.75 bits per heavy atom. The first-order valence-corrected chi connectivity index (χ1v) is 10.1. The zero-order chi connectivity index (χ0) is 23.3. The molecule has 0 fully saturated rings. The van der Waals surface area contributed by atoms with Gasteiger partial charge in [-0.3, -0.25) is 14.4 Å². The SMILES string of the molecule is COCCCNC(=O)C(=O)N/N=C\c1cccc(OCC(=O)Nc2c(C)cccc2C)c1. The van der Waals surface area contributed by atoms with E-state index in [0.29, 0.717) is 30.9 Å². The molecular formula is C23H28N4O5. The number of nitrogens with one attached hydrogen (secondary N) is 3. The van der Waals surface area contributed by atoms with E-state index in [1.165, 1.54) is 6.21 Å². The van der Waals surface area contributed by atoms with Crippen molar-refractivity contribution in [2.45, 2.75) is 20.3 Å². The van der Waals surface area contributed by atoms with Gasteiger partial charge in [0.1, 0.15) is 5.75 Å². The number of benzene rings is 2. The minimum Gasteiger partial charge on any atom is -0.484 e. The Bertz CT molecular complexity index is 954. The molecule has 0 unspecified atom stereocenters. The predicted molar refractivity (Wildman–Crippen MR) is 122 cm³/mol. The van der Waals surface area contributed by atoms with Crippen LogP contribution in [0.25, 0.3) is 0 Å². The molecule has 0 heterocycles. The van der Waals surface area contributed by atoms with Gasteiger partial charge in [-0.2, -0.15) is 5.10 Å². The molecule has 9 heteroatoms. The summed E-state index contributed by atoms with van der Waals surface area (Å²) in [5.41, 5.74) is 5.51. The van der Waals surface area contributed by atoms with Gasteiger partial charge in [0.25, 0.3) is 5.91 Å². The van der Waals surface area contributed by atoms with E-state index >= 15 is 0 Å². The molecule has 3 N–H and O–H groups in total. The molecule has 2 rings (SSSR count). The molecule has 32 heavy (non-hydrogen) atoms. The topological polar surface area (TPSA) is 118 Å². The summed E-state index contributed by atoms with van der Waals surface area (Å²) in [6, 6.07) is 12.6. The van der Waals surface area contributed by atoms with Gasteiger partial charge in [-0.05, 0) is 49.1 Å². The Kier molecular flexibility index (Phi) is 9.86. The van der Waals surface area contributed by atoms with E-state index in [-0.39, 0.29) is 12.5 Å². The lowest BCUT2D eigenvalue weighted by Crippen LogP contribution is -2.38. The van der Waals surface area contributed by atoms with E-state index < -0.39 is 11.8 Å². The highest BCUT2D eigenvalue weighted by Gasteiger charge is 2.11. The van der Waals surface area contributed by atoms with Gasteiger partial charge in [-0.1, -0.05) is 30.3 Å². The number of ether oxygens (including phenoxy) is 2. The molecule has 2 aromatic carbocycles. The second-order valence-corrected chi connectivity index (χ2v) is 6.98. The van der Waals surface area contributed by atoms with Crippen molar-refractivity contribution >= 4 is 29.6 Å². The second kappa shape index (κ2) is 12.9. The molecule has 170 valence electrons. The fourth-order valence-corrected chi connectivity index (χ4v) is 2.74. The van der Waals surface area contributed by atoms with Crippen LogP contribution < -0.4 is 20.8 Å². The first-order chi connectivity index (χ1) is 15.4. The van der Waals surface area contributed by atoms with Crippen LogP contribution in [0.5, 0.6) is 5.75 Å². The third-order valence-electron chi connectivity index (χ3n) is 4.37. The van der Waals surface area contributed by atoms with Crippen molar-refractivity contribution in [2.24, 2.45) is 5.10 Å². The smallest absolute Gasteiger partial charge is 0.329 e. The molecule has 0 spiro atoms. The van der Waals surface area contributed by atoms with Gasteiger partial charge < -0.3 is 20.1 Å². The third-order valence-corrected chi connectivity index (χ3v) is 4.37. The molecule has 0 radical (unpaired) electrons. The molecular weight excluding hydrogens is 412 g/mol. The lowest BCUT2D eigenvalue weighted by molar-refractivity contribution is -0.139. The summed E-state index contributed by atoms with van der Waals surface area (Å²) in [6.07, 6.45) is 1.98. The average molecular weight is 441 g/mol. The lowest BCUT2D eigenvalue weighted by atomic mass is 10.1. The van der Waals surface area contributed by atoms with E-state index in [9.17, 15) is 14.4 Å². The van der Waals surface area contributed by atoms with Crippen LogP contribution in [0.4, 0.5) is 5.69 Å². The summed E-state index contributed by atoms with van der Waals surface area (Å²) in [6.45, 7) is 4.52. The maximum Gasteiger partial charge on any atom is 0.329 e. The number of carbonyl (C=O) groups excluding carboxylic acids is 3. The number of hydrogen-bond donors (Lipinski definition) is 3. The molecule has 0 aromatic heterocycles. The summed E-state index contributed by atoms with van der Waals surface area (Å²) in [7, 11) is 1.56. The minimum absolute atomic E-state index is 0.158. The summed E-state index contributed by atoms with van der Waals surface area (Å²) in [5.74, 6) is -1.45. The number of nitrogens with zero attached hydrogens (tertiary/aromatic N) is 1. The normalized spacial score (nSPS) is 10.6. The van der Waals surface area contributed by atoms with Crippen molar-refractivity contribution in [3.05, 3.63) is 59.2 Å². The Labute approximate surface area is 187 Å². The minimum atomic E-state index is -0.866. The van der Waals surface area contributed by atoms with E-state index in [0.717, 1.165) is 16.8 Å². The number of rotatable bonds is 10. The zero-order valence-corrected chi connectivity index (χ0v) is 18.4. The average Bonchev–Trinajstić information content (AvgIpc) is 2.78. The summed E-state index contributed by atoms with van der Waals surface area (Å²) in [5, 5.41) is 9.10. The second-order valence-electron chi connectivity index (χ2n) is 6.98. The molecule has 0 aliphatic heterocycles. The largest absolute Gasteiger partial charge is 0.484 e. The molecule has 0 saturated heterocycles. The van der Waals surface area contributed by atoms with Crippen LogP contribution in [0, 0.1) is 13.8 Å². The first-order valence-electron chi connectivity index (χ1n) is 10.1. The van der Waals surface area contributed by atoms with Gasteiger partial charge in [0, 0.05) is 25.9 Å². The monoisotopic (exact) mass is 440 g/mol. The maximum absolute atomic E-state index is 12.2. The van der Waals surface area contributed by atoms with Gasteiger partial charge >= 0.3 is 11.8 Å². The lowest BCUT2D eigenvalue weighted by Gasteiger charge is -2.12. The van der Waals surface area contributed by atoms with Crippen molar-refractivity contribution in [2.75, 3.05) is 32.2 Å². The number of anilines is 1. The van der Waals surface area contributed by atoms with Crippen molar-refractivity contribution in [3.63, 3.8) is 0 Å². The van der Waals surface area contributed by atoms with Gasteiger partial charge in [0.15, 0.2) is 6.61 Å². The Balaban J connectivity index is 1.82. The third kappa shape index (κ3) is 8.19. The number of carbonyl (C=O) groups is 3. The Morgan fingerprint density at radius 3 is 2.47 bits per heavy atom. The summed E-state index contributed by atoms with van der Waals surface area (Å²) >= 11 is 0. The van der Waals surface area contributed by atoms with Gasteiger partial charge in [0.05, 0.1) is 6.21 Å². The van der Waals surface area contributed by atoms with Crippen LogP contribution in [0.2, 0.25) is 0 Å². The van der Waals surface area contributed by atoms with Gasteiger partial charge in [-0.25, -0.2) is 5.43 Å². The number of amides is 3. The highest BCUT2D eigenvalue weighted by atomic mass is 16.5. The molecule has 0 saturated carbocycles. The van der Waals surface area contributed by atoms with Gasteiger partial charge in [0.2, 0.25) is 0 Å².